The smallest absolute Gasteiger partial charge is 0.273 e. The number of nitro benzene ring substituents is 1. The molecule has 1 amide bonds. The van der Waals surface area contributed by atoms with Crippen molar-refractivity contribution < 1.29 is 22.9 Å². The minimum Gasteiger partial charge on any atom is -0.497 e. The predicted octanol–water partition coefficient (Wildman–Crippen LogP) is 4.86. The number of anilines is 1. The minimum atomic E-state index is -4.29. The summed E-state index contributed by atoms with van der Waals surface area (Å²) >= 11 is 1.76. The van der Waals surface area contributed by atoms with Gasteiger partial charge in [-0.05, 0) is 61.9 Å². The van der Waals surface area contributed by atoms with E-state index in [-0.39, 0.29) is 16.3 Å². The Balaban J connectivity index is 1.68. The van der Waals surface area contributed by atoms with Crippen LogP contribution in [-0.2, 0) is 20.6 Å². The molecule has 0 aliphatic rings. The highest BCUT2D eigenvalue weighted by atomic mass is 32.2. The number of carbonyl (C=O) groups is 1. The van der Waals surface area contributed by atoms with Gasteiger partial charge in [0.2, 0.25) is 5.91 Å². The van der Waals surface area contributed by atoms with E-state index in [1.54, 1.807) is 23.9 Å². The zero-order valence-electron chi connectivity index (χ0n) is 21.5. The molecule has 1 N–H and O–H groups in total. The molecule has 0 fully saturated rings. The van der Waals surface area contributed by atoms with E-state index in [0.29, 0.717) is 17.9 Å². The fourth-order valence-electron chi connectivity index (χ4n) is 3.72. The average molecular weight is 558 g/mol. The van der Waals surface area contributed by atoms with Crippen LogP contribution in [0.15, 0.2) is 71.6 Å². The van der Waals surface area contributed by atoms with E-state index >= 15 is 0 Å². The van der Waals surface area contributed by atoms with Gasteiger partial charge in [0.15, 0.2) is 0 Å². The Morgan fingerprint density at radius 1 is 1.08 bits per heavy atom. The lowest BCUT2D eigenvalue weighted by Gasteiger charge is -2.24. The Morgan fingerprint density at radius 2 is 1.82 bits per heavy atom. The van der Waals surface area contributed by atoms with Crippen molar-refractivity contribution in [1.29, 1.82) is 0 Å². The van der Waals surface area contributed by atoms with Gasteiger partial charge in [-0.25, -0.2) is 8.42 Å². The average Bonchev–Trinajstić information content (AvgIpc) is 2.89. The van der Waals surface area contributed by atoms with E-state index in [1.807, 2.05) is 6.07 Å². The zero-order chi connectivity index (χ0) is 27.7. The topological polar surface area (TPSA) is 119 Å². The van der Waals surface area contributed by atoms with Gasteiger partial charge in [-0.2, -0.15) is 11.8 Å². The predicted molar refractivity (Wildman–Crippen MR) is 150 cm³/mol. The summed E-state index contributed by atoms with van der Waals surface area (Å²) in [6.45, 7) is 3.50. The summed E-state index contributed by atoms with van der Waals surface area (Å²) in [6.07, 6.45) is 0.724. The second kappa shape index (κ2) is 13.3. The molecule has 11 heteroatoms. The fraction of sp³-hybridized carbons (Fsp3) is 0.296. The number of rotatable bonds is 13. The van der Waals surface area contributed by atoms with E-state index in [9.17, 15) is 23.3 Å². The number of hydrogen-bond donors (Lipinski definition) is 1. The van der Waals surface area contributed by atoms with Gasteiger partial charge in [0, 0.05) is 23.9 Å². The standard InChI is InChI=1S/C27H31N3O6S2/c1-20-6-4-7-22(16-20)19-37-15-5-14-28-27(31)18-29(23-9-11-24(36-3)12-10-23)38(34,35)25-13-8-21(2)26(17-25)30(32)33/h4,6-13,16-17H,5,14-15,18-19H2,1-3H3,(H,28,31). The highest BCUT2D eigenvalue weighted by Crippen LogP contribution is 2.29. The molecule has 0 bridgehead atoms. The molecule has 0 spiro atoms. The first-order valence-electron chi connectivity index (χ1n) is 11.9. The van der Waals surface area contributed by atoms with Gasteiger partial charge in [0.05, 0.1) is 22.6 Å². The molecule has 3 rings (SSSR count). The lowest BCUT2D eigenvalue weighted by molar-refractivity contribution is -0.385. The van der Waals surface area contributed by atoms with Crippen molar-refractivity contribution in [1.82, 2.24) is 5.32 Å². The number of nitro groups is 1. The number of ether oxygens (including phenoxy) is 1. The first-order chi connectivity index (χ1) is 18.1. The number of thioether (sulfide) groups is 1. The van der Waals surface area contributed by atoms with Crippen molar-refractivity contribution in [3.63, 3.8) is 0 Å². The van der Waals surface area contributed by atoms with Gasteiger partial charge in [-0.3, -0.25) is 19.2 Å². The highest BCUT2D eigenvalue weighted by Gasteiger charge is 2.29. The lowest BCUT2D eigenvalue weighted by atomic mass is 10.2. The Bertz CT molecular complexity index is 1380. The number of hydrogen-bond acceptors (Lipinski definition) is 7. The van der Waals surface area contributed by atoms with Crippen molar-refractivity contribution >= 4 is 39.1 Å². The van der Waals surface area contributed by atoms with Gasteiger partial charge < -0.3 is 10.1 Å². The third-order valence-corrected chi connectivity index (χ3v) is 8.64. The highest BCUT2D eigenvalue weighted by molar-refractivity contribution is 7.98. The summed E-state index contributed by atoms with van der Waals surface area (Å²) in [5, 5.41) is 14.2. The molecule has 202 valence electrons. The summed E-state index contributed by atoms with van der Waals surface area (Å²) < 4.78 is 33.2. The molecular formula is C27H31N3O6S2. The third-order valence-electron chi connectivity index (χ3n) is 5.75. The molecule has 0 aliphatic carbocycles. The molecule has 3 aromatic rings. The van der Waals surface area contributed by atoms with E-state index in [2.05, 4.69) is 30.4 Å². The molecule has 0 saturated heterocycles. The molecule has 0 saturated carbocycles. The van der Waals surface area contributed by atoms with Crippen molar-refractivity contribution in [3.8, 4) is 5.75 Å². The fourth-order valence-corrected chi connectivity index (χ4v) is 6.07. The van der Waals surface area contributed by atoms with E-state index in [0.717, 1.165) is 28.3 Å². The van der Waals surface area contributed by atoms with E-state index in [4.69, 9.17) is 4.74 Å². The number of benzene rings is 3. The zero-order valence-corrected chi connectivity index (χ0v) is 23.2. The Hall–Kier alpha value is -3.57. The molecule has 0 heterocycles. The third kappa shape index (κ3) is 7.72. The summed E-state index contributed by atoms with van der Waals surface area (Å²) in [7, 11) is -2.80. The molecule has 0 atom stereocenters. The Morgan fingerprint density at radius 3 is 2.47 bits per heavy atom. The second-order valence-electron chi connectivity index (χ2n) is 8.66. The number of aryl methyl sites for hydroxylation is 2. The van der Waals surface area contributed by atoms with Gasteiger partial charge in [0.25, 0.3) is 15.7 Å². The number of nitrogens with one attached hydrogen (secondary N) is 1. The molecule has 0 aromatic heterocycles. The van der Waals surface area contributed by atoms with Crippen molar-refractivity contribution in [2.45, 2.75) is 30.9 Å². The number of sulfonamides is 1. The quantitative estimate of drug-likeness (QED) is 0.181. The van der Waals surface area contributed by atoms with E-state index < -0.39 is 27.4 Å². The van der Waals surface area contributed by atoms with E-state index in [1.165, 1.54) is 49.4 Å². The Kier molecular flexibility index (Phi) is 10.1. The molecule has 9 nitrogen and oxygen atoms in total. The molecule has 0 unspecified atom stereocenters. The van der Waals surface area contributed by atoms with Gasteiger partial charge in [0.1, 0.15) is 12.3 Å². The summed E-state index contributed by atoms with van der Waals surface area (Å²) in [5.41, 5.74) is 2.72. The van der Waals surface area contributed by atoms with Crippen LogP contribution in [0.3, 0.4) is 0 Å². The molecule has 3 aromatic carbocycles. The maximum Gasteiger partial charge on any atom is 0.273 e. The van der Waals surface area contributed by atoms with Crippen LogP contribution >= 0.6 is 11.8 Å². The van der Waals surface area contributed by atoms with Crippen LogP contribution in [0.25, 0.3) is 0 Å². The lowest BCUT2D eigenvalue weighted by Crippen LogP contribution is -2.41. The number of methoxy groups -OCH3 is 1. The van der Waals surface area contributed by atoms with Gasteiger partial charge in [-0.15, -0.1) is 0 Å². The van der Waals surface area contributed by atoms with Crippen LogP contribution in [0.2, 0.25) is 0 Å². The number of amides is 1. The van der Waals surface area contributed by atoms with Gasteiger partial charge in [-0.1, -0.05) is 35.9 Å². The number of carbonyl (C=O) groups excluding carboxylic acids is 1. The van der Waals surface area contributed by atoms with Crippen LogP contribution in [0.5, 0.6) is 5.75 Å². The summed E-state index contributed by atoms with van der Waals surface area (Å²) in [4.78, 5) is 23.3. The van der Waals surface area contributed by atoms with Gasteiger partial charge >= 0.3 is 0 Å². The van der Waals surface area contributed by atoms with Crippen LogP contribution in [-0.4, -0.2) is 45.2 Å². The van der Waals surface area contributed by atoms with Crippen molar-refractivity contribution in [3.05, 3.63) is 93.5 Å². The summed E-state index contributed by atoms with van der Waals surface area (Å²) in [6, 6.07) is 18.2. The minimum absolute atomic E-state index is 0.234. The van der Waals surface area contributed by atoms with Crippen molar-refractivity contribution in [2.24, 2.45) is 0 Å². The van der Waals surface area contributed by atoms with Crippen LogP contribution < -0.4 is 14.4 Å². The largest absolute Gasteiger partial charge is 0.497 e. The summed E-state index contributed by atoms with van der Waals surface area (Å²) in [5.74, 6) is 1.75. The maximum absolute atomic E-state index is 13.6. The maximum atomic E-state index is 13.6. The molecule has 38 heavy (non-hydrogen) atoms. The van der Waals surface area contributed by atoms with Crippen LogP contribution in [0.1, 0.15) is 23.1 Å². The first-order valence-corrected chi connectivity index (χ1v) is 14.5. The monoisotopic (exact) mass is 557 g/mol. The second-order valence-corrected chi connectivity index (χ2v) is 11.6. The molecule has 0 aliphatic heterocycles. The van der Waals surface area contributed by atoms with Crippen molar-refractivity contribution in [2.75, 3.05) is 30.3 Å². The molecule has 0 radical (unpaired) electrons. The first kappa shape index (κ1) is 29.0. The normalized spacial score (nSPS) is 11.1. The van der Waals surface area contributed by atoms with Crippen LogP contribution in [0, 0.1) is 24.0 Å². The molecular weight excluding hydrogens is 526 g/mol. The SMILES string of the molecule is COc1ccc(N(CC(=O)NCCCSCc2cccc(C)c2)S(=O)(=O)c2ccc(C)c([N+](=O)[O-])c2)cc1. The number of nitrogens with zero attached hydrogens (tertiary/aromatic N) is 2. The van der Waals surface area contributed by atoms with Crippen LogP contribution in [0.4, 0.5) is 11.4 Å². The Labute approximate surface area is 227 Å².